The second-order valence-corrected chi connectivity index (χ2v) is 6.66. The Balaban J connectivity index is 1.93. The summed E-state index contributed by atoms with van der Waals surface area (Å²) in [4.78, 5) is 0. The van der Waals surface area contributed by atoms with Crippen LogP contribution in [0.1, 0.15) is 38.3 Å². The van der Waals surface area contributed by atoms with Gasteiger partial charge in [-0.1, -0.05) is 44.2 Å². The summed E-state index contributed by atoms with van der Waals surface area (Å²) in [6.45, 7) is 9.95. The van der Waals surface area contributed by atoms with E-state index in [-0.39, 0.29) is 5.41 Å². The van der Waals surface area contributed by atoms with Gasteiger partial charge in [-0.2, -0.15) is 0 Å². The summed E-state index contributed by atoms with van der Waals surface area (Å²) in [5.74, 6) is 0.859. The zero-order valence-electron chi connectivity index (χ0n) is 12.4. The first-order chi connectivity index (χ1) is 9.49. The molecule has 0 bridgehead atoms. The third-order valence-electron chi connectivity index (χ3n) is 2.88. The fraction of sp³-hybridized carbons (Fsp3) is 0.467. The smallest absolute Gasteiger partial charge is 0.205 e. The SMILES string of the molecule is CCNc1nnc(COc2ccc(C(C)(C)C)cc2)s1. The molecule has 4 nitrogen and oxygen atoms in total. The number of ether oxygens (including phenoxy) is 1. The van der Waals surface area contributed by atoms with Gasteiger partial charge in [-0.25, -0.2) is 0 Å². The van der Waals surface area contributed by atoms with E-state index in [1.807, 2.05) is 19.1 Å². The predicted octanol–water partition coefficient (Wildman–Crippen LogP) is 3.85. The maximum atomic E-state index is 5.73. The highest BCUT2D eigenvalue weighted by Gasteiger charge is 2.13. The van der Waals surface area contributed by atoms with E-state index in [9.17, 15) is 0 Å². The zero-order valence-corrected chi connectivity index (χ0v) is 13.3. The van der Waals surface area contributed by atoms with Crippen molar-refractivity contribution in [3.8, 4) is 5.75 Å². The molecule has 0 atom stereocenters. The van der Waals surface area contributed by atoms with E-state index in [0.29, 0.717) is 6.61 Å². The second kappa shape index (κ2) is 6.22. The van der Waals surface area contributed by atoms with Crippen LogP contribution in [0.4, 0.5) is 5.13 Å². The van der Waals surface area contributed by atoms with E-state index in [4.69, 9.17) is 4.74 Å². The fourth-order valence-corrected chi connectivity index (χ4v) is 2.45. The second-order valence-electron chi connectivity index (χ2n) is 5.59. The van der Waals surface area contributed by atoms with Crippen LogP contribution in [0.2, 0.25) is 0 Å². The van der Waals surface area contributed by atoms with Gasteiger partial charge in [0.1, 0.15) is 12.4 Å². The summed E-state index contributed by atoms with van der Waals surface area (Å²) < 4.78 is 5.73. The maximum Gasteiger partial charge on any atom is 0.205 e. The van der Waals surface area contributed by atoms with Crippen molar-refractivity contribution in [2.24, 2.45) is 0 Å². The van der Waals surface area contributed by atoms with Gasteiger partial charge >= 0.3 is 0 Å². The predicted molar refractivity (Wildman–Crippen MR) is 83.5 cm³/mol. The van der Waals surface area contributed by atoms with Gasteiger partial charge in [0.25, 0.3) is 0 Å². The highest BCUT2D eigenvalue weighted by Crippen LogP contribution is 2.25. The van der Waals surface area contributed by atoms with E-state index in [1.54, 1.807) is 0 Å². The number of anilines is 1. The van der Waals surface area contributed by atoms with Crippen LogP contribution in [0.5, 0.6) is 5.75 Å². The summed E-state index contributed by atoms with van der Waals surface area (Å²) in [6.07, 6.45) is 0. The third-order valence-corrected chi connectivity index (χ3v) is 3.73. The average Bonchev–Trinajstić information content (AvgIpc) is 2.84. The van der Waals surface area contributed by atoms with Crippen LogP contribution in [0.15, 0.2) is 24.3 Å². The molecule has 108 valence electrons. The van der Waals surface area contributed by atoms with Crippen molar-refractivity contribution < 1.29 is 4.74 Å². The molecule has 0 unspecified atom stereocenters. The first-order valence-electron chi connectivity index (χ1n) is 6.78. The van der Waals surface area contributed by atoms with Gasteiger partial charge < -0.3 is 10.1 Å². The number of rotatable bonds is 5. The molecule has 0 amide bonds. The summed E-state index contributed by atoms with van der Waals surface area (Å²) in [5.41, 5.74) is 1.47. The molecule has 20 heavy (non-hydrogen) atoms. The number of hydrogen-bond donors (Lipinski definition) is 1. The number of benzene rings is 1. The molecule has 0 aliphatic heterocycles. The van der Waals surface area contributed by atoms with Crippen molar-refractivity contribution in [3.05, 3.63) is 34.8 Å². The lowest BCUT2D eigenvalue weighted by Gasteiger charge is -2.19. The molecule has 0 fully saturated rings. The molecule has 0 saturated carbocycles. The van der Waals surface area contributed by atoms with Crippen LogP contribution in [0.25, 0.3) is 0 Å². The molecule has 0 aliphatic carbocycles. The molecule has 5 heteroatoms. The van der Waals surface area contributed by atoms with Crippen LogP contribution in [0.3, 0.4) is 0 Å². The highest BCUT2D eigenvalue weighted by molar-refractivity contribution is 7.15. The number of hydrogen-bond acceptors (Lipinski definition) is 5. The van der Waals surface area contributed by atoms with Crippen LogP contribution in [-0.2, 0) is 12.0 Å². The lowest BCUT2D eigenvalue weighted by atomic mass is 9.87. The topological polar surface area (TPSA) is 47.0 Å². The van der Waals surface area contributed by atoms with Gasteiger partial charge in [-0.15, -0.1) is 10.2 Å². The minimum absolute atomic E-state index is 0.165. The van der Waals surface area contributed by atoms with E-state index >= 15 is 0 Å². The van der Waals surface area contributed by atoms with Crippen LogP contribution < -0.4 is 10.1 Å². The van der Waals surface area contributed by atoms with E-state index < -0.39 is 0 Å². The standard InChI is InChI=1S/C15H21N3OS/c1-5-16-14-18-17-13(20-14)10-19-12-8-6-11(7-9-12)15(2,3)4/h6-9H,5,10H2,1-4H3,(H,16,18). The van der Waals surface area contributed by atoms with Crippen molar-refractivity contribution in [2.45, 2.75) is 39.7 Å². The molecule has 1 aromatic carbocycles. The van der Waals surface area contributed by atoms with Crippen LogP contribution in [0, 0.1) is 0 Å². The minimum Gasteiger partial charge on any atom is -0.486 e. The molecule has 1 N–H and O–H groups in total. The first-order valence-corrected chi connectivity index (χ1v) is 7.60. The number of aromatic nitrogens is 2. The van der Waals surface area contributed by atoms with Gasteiger partial charge in [0.15, 0.2) is 5.01 Å². The lowest BCUT2D eigenvalue weighted by Crippen LogP contribution is -2.10. The van der Waals surface area contributed by atoms with Gasteiger partial charge in [0.2, 0.25) is 5.13 Å². The van der Waals surface area contributed by atoms with Crippen molar-refractivity contribution >= 4 is 16.5 Å². The molecular weight excluding hydrogens is 270 g/mol. The van der Waals surface area contributed by atoms with Crippen molar-refractivity contribution in [1.82, 2.24) is 10.2 Å². The zero-order chi connectivity index (χ0) is 14.6. The maximum absolute atomic E-state index is 5.73. The Kier molecular flexibility index (Phi) is 4.60. The van der Waals surface area contributed by atoms with E-state index in [1.165, 1.54) is 16.9 Å². The quantitative estimate of drug-likeness (QED) is 0.909. The summed E-state index contributed by atoms with van der Waals surface area (Å²) in [5, 5.41) is 13.0. The summed E-state index contributed by atoms with van der Waals surface area (Å²) >= 11 is 1.53. The normalized spacial score (nSPS) is 11.4. The molecule has 1 aromatic heterocycles. The number of nitrogens with zero attached hydrogens (tertiary/aromatic N) is 2. The largest absolute Gasteiger partial charge is 0.486 e. The van der Waals surface area contributed by atoms with Crippen LogP contribution in [-0.4, -0.2) is 16.7 Å². The van der Waals surface area contributed by atoms with E-state index in [2.05, 4.69) is 48.4 Å². The fourth-order valence-electron chi connectivity index (χ4n) is 1.73. The Morgan fingerprint density at radius 2 is 1.85 bits per heavy atom. The van der Waals surface area contributed by atoms with Crippen molar-refractivity contribution in [1.29, 1.82) is 0 Å². The average molecular weight is 291 g/mol. The Morgan fingerprint density at radius 1 is 1.15 bits per heavy atom. The molecule has 0 spiro atoms. The molecule has 2 aromatic rings. The van der Waals surface area contributed by atoms with Gasteiger partial charge in [0, 0.05) is 6.54 Å². The molecule has 2 rings (SSSR count). The minimum atomic E-state index is 0.165. The highest BCUT2D eigenvalue weighted by atomic mass is 32.1. The molecular formula is C15H21N3OS. The molecule has 1 heterocycles. The van der Waals surface area contributed by atoms with Gasteiger partial charge in [0.05, 0.1) is 0 Å². The third kappa shape index (κ3) is 3.93. The Hall–Kier alpha value is -1.62. The van der Waals surface area contributed by atoms with Crippen LogP contribution >= 0.6 is 11.3 Å². The molecule has 0 aliphatic rings. The monoisotopic (exact) mass is 291 g/mol. The Bertz CT molecular complexity index is 543. The summed E-state index contributed by atoms with van der Waals surface area (Å²) in [7, 11) is 0. The lowest BCUT2D eigenvalue weighted by molar-refractivity contribution is 0.304. The van der Waals surface area contributed by atoms with Gasteiger partial charge in [-0.05, 0) is 30.0 Å². The van der Waals surface area contributed by atoms with Crippen molar-refractivity contribution in [3.63, 3.8) is 0 Å². The first kappa shape index (κ1) is 14.8. The van der Waals surface area contributed by atoms with Gasteiger partial charge in [-0.3, -0.25) is 0 Å². The molecule has 0 saturated heterocycles. The number of nitrogens with one attached hydrogen (secondary N) is 1. The Morgan fingerprint density at radius 3 is 2.45 bits per heavy atom. The molecule has 0 radical (unpaired) electrons. The van der Waals surface area contributed by atoms with Crippen molar-refractivity contribution in [2.75, 3.05) is 11.9 Å². The summed E-state index contributed by atoms with van der Waals surface area (Å²) in [6, 6.07) is 8.23. The van der Waals surface area contributed by atoms with E-state index in [0.717, 1.165) is 22.4 Å². The Labute approximate surface area is 124 Å².